The highest BCUT2D eigenvalue weighted by Gasteiger charge is 2.15. The van der Waals surface area contributed by atoms with E-state index in [1.807, 2.05) is 34.1 Å². The molecule has 0 aliphatic rings. The molecule has 0 aliphatic heterocycles. The molecule has 0 fully saturated rings. The molecule has 1 rings (SSSR count). The fraction of sp³-hybridized carbons (Fsp3) is 0.533. The van der Waals surface area contributed by atoms with Gasteiger partial charge in [-0.15, -0.1) is 11.3 Å². The number of aliphatic hydroxyl groups is 1. The van der Waals surface area contributed by atoms with Gasteiger partial charge in [-0.1, -0.05) is 11.8 Å². The van der Waals surface area contributed by atoms with E-state index >= 15 is 0 Å². The Balaban J connectivity index is 2.67. The first-order valence-electron chi connectivity index (χ1n) is 6.56. The van der Waals surface area contributed by atoms with Crippen molar-refractivity contribution in [3.05, 3.63) is 21.4 Å². The molecule has 0 radical (unpaired) electrons. The van der Waals surface area contributed by atoms with E-state index in [-0.39, 0.29) is 12.5 Å². The summed E-state index contributed by atoms with van der Waals surface area (Å²) in [5, 5.41) is 8.72. The first kappa shape index (κ1) is 16.7. The van der Waals surface area contributed by atoms with Gasteiger partial charge < -0.3 is 14.9 Å². The van der Waals surface area contributed by atoms with Gasteiger partial charge in [0.15, 0.2) is 0 Å². The topological polar surface area (TPSA) is 43.8 Å². The summed E-state index contributed by atoms with van der Waals surface area (Å²) in [6.07, 6.45) is 0.955. The highest BCUT2D eigenvalue weighted by molar-refractivity contribution is 7.14. The normalized spacial score (nSPS) is 10.3. The molecule has 4 nitrogen and oxygen atoms in total. The largest absolute Gasteiger partial charge is 0.384 e. The van der Waals surface area contributed by atoms with Gasteiger partial charge in [0.25, 0.3) is 5.91 Å². The van der Waals surface area contributed by atoms with E-state index in [4.69, 9.17) is 5.11 Å². The molecule has 1 amide bonds. The average molecular weight is 294 g/mol. The number of aryl methyl sites for hydroxylation is 1. The number of amides is 1. The number of hydrogen-bond acceptors (Lipinski definition) is 4. The lowest BCUT2D eigenvalue weighted by atomic mass is 10.2. The SMILES string of the molecule is Cc1cc(C(=O)N(C)CCCN(C)C)sc1C#CCO. The zero-order valence-electron chi connectivity index (χ0n) is 12.6. The summed E-state index contributed by atoms with van der Waals surface area (Å²) in [6, 6.07) is 1.87. The number of hydrogen-bond donors (Lipinski definition) is 1. The molecule has 0 atom stereocenters. The minimum absolute atomic E-state index is 0.0360. The van der Waals surface area contributed by atoms with Crippen LogP contribution < -0.4 is 0 Å². The van der Waals surface area contributed by atoms with E-state index in [9.17, 15) is 4.79 Å². The maximum atomic E-state index is 12.3. The summed E-state index contributed by atoms with van der Waals surface area (Å²) in [7, 11) is 5.87. The van der Waals surface area contributed by atoms with E-state index in [0.29, 0.717) is 4.88 Å². The molecule has 0 aromatic carbocycles. The van der Waals surface area contributed by atoms with Crippen LogP contribution in [0.2, 0.25) is 0 Å². The number of rotatable bonds is 5. The Morgan fingerprint density at radius 3 is 2.65 bits per heavy atom. The van der Waals surface area contributed by atoms with Gasteiger partial charge in [0.1, 0.15) is 6.61 Å². The molecule has 1 aromatic heterocycles. The Hall–Kier alpha value is -1.35. The summed E-state index contributed by atoms with van der Waals surface area (Å²) in [4.78, 5) is 17.7. The van der Waals surface area contributed by atoms with Crippen molar-refractivity contribution in [1.82, 2.24) is 9.80 Å². The fourth-order valence-electron chi connectivity index (χ4n) is 1.75. The predicted octanol–water partition coefficient (Wildman–Crippen LogP) is 1.42. The number of carbonyl (C=O) groups is 1. The summed E-state index contributed by atoms with van der Waals surface area (Å²) in [5.74, 6) is 5.53. The Kier molecular flexibility index (Phi) is 6.73. The van der Waals surface area contributed by atoms with Gasteiger partial charge in [0, 0.05) is 13.6 Å². The van der Waals surface area contributed by atoms with E-state index in [2.05, 4.69) is 16.7 Å². The second-order valence-corrected chi connectivity index (χ2v) is 6.02. The van der Waals surface area contributed by atoms with Crippen LogP contribution in [0.1, 0.15) is 26.5 Å². The van der Waals surface area contributed by atoms with Gasteiger partial charge >= 0.3 is 0 Å². The van der Waals surface area contributed by atoms with Crippen LogP contribution >= 0.6 is 11.3 Å². The van der Waals surface area contributed by atoms with E-state index in [0.717, 1.165) is 30.0 Å². The molecule has 20 heavy (non-hydrogen) atoms. The first-order chi connectivity index (χ1) is 9.45. The van der Waals surface area contributed by atoms with Crippen LogP contribution in [0, 0.1) is 18.8 Å². The van der Waals surface area contributed by atoms with Crippen LogP contribution in [0.3, 0.4) is 0 Å². The average Bonchev–Trinajstić information content (AvgIpc) is 2.76. The van der Waals surface area contributed by atoms with Crippen LogP contribution in [0.4, 0.5) is 0 Å². The fourth-order valence-corrected chi connectivity index (χ4v) is 2.79. The van der Waals surface area contributed by atoms with Crippen molar-refractivity contribution < 1.29 is 9.90 Å². The third-order valence-corrected chi connectivity index (χ3v) is 4.00. The van der Waals surface area contributed by atoms with Gasteiger partial charge in [-0.2, -0.15) is 0 Å². The molecular weight excluding hydrogens is 272 g/mol. The Bertz CT molecular complexity index is 512. The van der Waals surface area contributed by atoms with Gasteiger partial charge in [-0.25, -0.2) is 0 Å². The van der Waals surface area contributed by atoms with Crippen molar-refractivity contribution in [2.45, 2.75) is 13.3 Å². The zero-order chi connectivity index (χ0) is 15.1. The summed E-state index contributed by atoms with van der Waals surface area (Å²) in [6.45, 7) is 3.48. The van der Waals surface area contributed by atoms with Crippen molar-refractivity contribution in [1.29, 1.82) is 0 Å². The molecule has 1 heterocycles. The smallest absolute Gasteiger partial charge is 0.263 e. The van der Waals surface area contributed by atoms with E-state index in [1.54, 1.807) is 4.90 Å². The molecule has 1 aromatic rings. The van der Waals surface area contributed by atoms with Crippen LogP contribution in [-0.2, 0) is 0 Å². The van der Waals surface area contributed by atoms with Crippen molar-refractivity contribution in [2.75, 3.05) is 40.8 Å². The zero-order valence-corrected chi connectivity index (χ0v) is 13.4. The van der Waals surface area contributed by atoms with Crippen molar-refractivity contribution in [2.24, 2.45) is 0 Å². The Morgan fingerprint density at radius 1 is 1.35 bits per heavy atom. The standard InChI is InChI=1S/C15H22N2O2S/c1-12-11-14(20-13(12)7-5-10-18)15(19)17(4)9-6-8-16(2)3/h11,18H,6,8-10H2,1-4H3. The number of thiophene rings is 1. The molecule has 0 saturated heterocycles. The van der Waals surface area contributed by atoms with Crippen LogP contribution in [0.15, 0.2) is 6.07 Å². The van der Waals surface area contributed by atoms with Crippen LogP contribution in [-0.4, -0.2) is 61.7 Å². The molecule has 110 valence electrons. The summed E-state index contributed by atoms with van der Waals surface area (Å²) >= 11 is 1.39. The van der Waals surface area contributed by atoms with Gasteiger partial charge in [0.05, 0.1) is 9.75 Å². The Labute approximate surface area is 125 Å². The lowest BCUT2D eigenvalue weighted by Crippen LogP contribution is -2.29. The molecule has 0 spiro atoms. The quantitative estimate of drug-likeness (QED) is 0.835. The molecule has 0 unspecified atom stereocenters. The van der Waals surface area contributed by atoms with Crippen molar-refractivity contribution in [3.63, 3.8) is 0 Å². The maximum absolute atomic E-state index is 12.3. The lowest BCUT2D eigenvalue weighted by Gasteiger charge is -2.17. The second-order valence-electron chi connectivity index (χ2n) is 4.97. The lowest BCUT2D eigenvalue weighted by molar-refractivity contribution is 0.0795. The number of carbonyl (C=O) groups excluding carboxylic acids is 1. The monoisotopic (exact) mass is 294 g/mol. The van der Waals surface area contributed by atoms with Gasteiger partial charge in [-0.05, 0) is 45.6 Å². The van der Waals surface area contributed by atoms with Gasteiger partial charge in [0.2, 0.25) is 0 Å². The van der Waals surface area contributed by atoms with Crippen LogP contribution in [0.5, 0.6) is 0 Å². The van der Waals surface area contributed by atoms with Crippen molar-refractivity contribution in [3.8, 4) is 11.8 Å². The Morgan fingerprint density at radius 2 is 2.05 bits per heavy atom. The maximum Gasteiger partial charge on any atom is 0.263 e. The third-order valence-electron chi connectivity index (χ3n) is 2.86. The molecular formula is C15H22N2O2S. The first-order valence-corrected chi connectivity index (χ1v) is 7.37. The third kappa shape index (κ3) is 4.97. The molecule has 1 N–H and O–H groups in total. The highest BCUT2D eigenvalue weighted by atomic mass is 32.1. The minimum atomic E-state index is -0.162. The minimum Gasteiger partial charge on any atom is -0.384 e. The molecule has 0 bridgehead atoms. The van der Waals surface area contributed by atoms with Crippen molar-refractivity contribution >= 4 is 17.2 Å². The van der Waals surface area contributed by atoms with E-state index < -0.39 is 0 Å². The predicted molar refractivity (Wildman–Crippen MR) is 83.2 cm³/mol. The molecule has 0 aliphatic carbocycles. The highest BCUT2D eigenvalue weighted by Crippen LogP contribution is 2.22. The number of nitrogens with zero attached hydrogens (tertiary/aromatic N) is 2. The molecule has 5 heteroatoms. The van der Waals surface area contributed by atoms with Crippen LogP contribution in [0.25, 0.3) is 0 Å². The number of aliphatic hydroxyl groups excluding tert-OH is 1. The summed E-state index contributed by atoms with van der Waals surface area (Å²) < 4.78 is 0. The molecule has 0 saturated carbocycles. The van der Waals surface area contributed by atoms with Gasteiger partial charge in [-0.3, -0.25) is 4.79 Å². The second kappa shape index (κ2) is 8.05. The summed E-state index contributed by atoms with van der Waals surface area (Å²) in [5.41, 5.74) is 0.987. The van der Waals surface area contributed by atoms with E-state index in [1.165, 1.54) is 11.3 Å².